The molecule has 0 heterocycles. The molecule has 0 bridgehead atoms. The van der Waals surface area contributed by atoms with Gasteiger partial charge in [0.1, 0.15) is 0 Å². The largest absolute Gasteiger partial charge is 0.0865 e. The third-order valence-corrected chi connectivity index (χ3v) is 0.592. The highest BCUT2D eigenvalue weighted by atomic mass is 32.1. The molecule has 0 spiro atoms. The summed E-state index contributed by atoms with van der Waals surface area (Å²) in [6.45, 7) is 2.08. The molecule has 0 saturated carbocycles. The monoisotopic (exact) mass is 99.0 g/mol. The second kappa shape index (κ2) is 4.78. The number of hydrogen-bond acceptors (Lipinski definition) is 0. The second-order valence-corrected chi connectivity index (χ2v) is 1.23. The van der Waals surface area contributed by atoms with Gasteiger partial charge in [-0.15, -0.1) is 0 Å². The minimum absolute atomic E-state index is 0.948. The molecule has 0 nitrogen and oxygen atoms in total. The van der Waals surface area contributed by atoms with E-state index < -0.39 is 0 Å². The maximum Gasteiger partial charge on any atom is 0.00982 e. The molecule has 0 amide bonds. The van der Waals surface area contributed by atoms with E-state index in [2.05, 4.69) is 30.7 Å². The Morgan fingerprint density at radius 3 is 2.50 bits per heavy atom. The van der Waals surface area contributed by atoms with E-state index in [1.807, 2.05) is 0 Å². The van der Waals surface area contributed by atoms with Crippen LogP contribution in [0, 0.1) is 11.2 Å². The molecular weight excluding hydrogens is 92.1 g/mol. The normalized spacial score (nSPS) is 6.17. The molecule has 0 fully saturated rings. The molecule has 6 heavy (non-hydrogen) atoms. The van der Waals surface area contributed by atoms with Gasteiger partial charge in [0.2, 0.25) is 0 Å². The van der Waals surface area contributed by atoms with Gasteiger partial charge in [-0.25, -0.2) is 0 Å². The Balaban J connectivity index is 2.79. The zero-order valence-corrected chi connectivity index (χ0v) is 4.64. The first-order valence-electron chi connectivity index (χ1n) is 2.01. The highest BCUT2D eigenvalue weighted by Gasteiger charge is 1.64. The van der Waals surface area contributed by atoms with Gasteiger partial charge in [-0.2, -0.15) is 0 Å². The first-order valence-corrected chi connectivity index (χ1v) is 2.42. The van der Waals surface area contributed by atoms with Gasteiger partial charge in [-0.1, -0.05) is 12.8 Å². The van der Waals surface area contributed by atoms with Gasteiger partial charge in [0.25, 0.3) is 0 Å². The molecule has 0 rings (SSSR count). The van der Waals surface area contributed by atoms with Crippen molar-refractivity contribution in [2.24, 2.45) is 0 Å². The summed E-state index contributed by atoms with van der Waals surface area (Å²) in [6, 6.07) is 0. The average molecular weight is 99.2 g/mol. The Morgan fingerprint density at radius 2 is 2.33 bits per heavy atom. The van der Waals surface area contributed by atoms with Gasteiger partial charge in [0.05, 0.1) is 0 Å². The third kappa shape index (κ3) is 3.78. The smallest absolute Gasteiger partial charge is 0.00982 e. The Kier molecular flexibility index (Phi) is 4.60. The van der Waals surface area contributed by atoms with E-state index in [9.17, 15) is 0 Å². The summed E-state index contributed by atoms with van der Waals surface area (Å²) < 4.78 is 0. The van der Waals surface area contributed by atoms with E-state index in [0.717, 1.165) is 12.8 Å². The predicted molar refractivity (Wildman–Crippen MR) is 30.3 cm³/mol. The van der Waals surface area contributed by atoms with E-state index in [-0.39, 0.29) is 0 Å². The molecule has 0 saturated heterocycles. The van der Waals surface area contributed by atoms with Crippen LogP contribution in [0.4, 0.5) is 0 Å². The first kappa shape index (κ1) is 5.78. The van der Waals surface area contributed by atoms with Gasteiger partial charge < -0.3 is 0 Å². The van der Waals surface area contributed by atoms with E-state index in [1.165, 1.54) is 0 Å². The molecule has 0 unspecified atom stereocenters. The lowest BCUT2D eigenvalue weighted by atomic mass is 10.4. The summed E-state index contributed by atoms with van der Waals surface area (Å²) in [6.07, 6.45) is 2.06. The quantitative estimate of drug-likeness (QED) is 0.441. The molecule has 0 aromatic carbocycles. The van der Waals surface area contributed by atoms with Crippen molar-refractivity contribution in [2.45, 2.75) is 19.8 Å². The van der Waals surface area contributed by atoms with Gasteiger partial charge in [-0.3, -0.25) is 0 Å². The second-order valence-electron chi connectivity index (χ2n) is 1.03. The lowest BCUT2D eigenvalue weighted by Gasteiger charge is -1.70. The van der Waals surface area contributed by atoms with E-state index in [4.69, 9.17) is 0 Å². The van der Waals surface area contributed by atoms with Crippen LogP contribution in [-0.4, -0.2) is 0 Å². The van der Waals surface area contributed by atoms with Crippen LogP contribution in [0.3, 0.4) is 0 Å². The molecule has 0 aliphatic carbocycles. The standard InChI is InChI=1S/C5H7S/c1-2-3-4-5-6/h2-3H2,1H3. The fraction of sp³-hybridized carbons (Fsp3) is 0.600. The highest BCUT2D eigenvalue weighted by Crippen LogP contribution is 1.80. The first-order chi connectivity index (χ1) is 2.91. The van der Waals surface area contributed by atoms with E-state index in [1.54, 1.807) is 0 Å². The number of hydrogen-bond donors (Lipinski definition) is 0. The third-order valence-electron chi connectivity index (χ3n) is 0.447. The lowest BCUT2D eigenvalue weighted by Crippen LogP contribution is -1.55. The van der Waals surface area contributed by atoms with Crippen molar-refractivity contribution >= 4 is 12.6 Å². The van der Waals surface area contributed by atoms with Crippen molar-refractivity contribution in [1.29, 1.82) is 0 Å². The van der Waals surface area contributed by atoms with Crippen molar-refractivity contribution in [1.82, 2.24) is 0 Å². The molecule has 1 heteroatoms. The summed E-state index contributed by atoms with van der Waals surface area (Å²) in [5.41, 5.74) is 0. The molecule has 1 radical (unpaired) electrons. The van der Waals surface area contributed by atoms with Crippen molar-refractivity contribution in [3.8, 4) is 11.2 Å². The molecule has 0 atom stereocenters. The molecule has 33 valence electrons. The van der Waals surface area contributed by atoms with Crippen LogP contribution >= 0.6 is 12.6 Å². The average Bonchev–Trinajstić information content (AvgIpc) is 1.61. The Morgan fingerprint density at radius 1 is 1.67 bits per heavy atom. The molecule has 0 aliphatic rings. The van der Waals surface area contributed by atoms with Gasteiger partial charge in [0, 0.05) is 11.7 Å². The fourth-order valence-corrected chi connectivity index (χ4v) is 0.278. The van der Waals surface area contributed by atoms with E-state index in [0.29, 0.717) is 0 Å². The molecule has 0 aromatic heterocycles. The maximum atomic E-state index is 4.36. The number of rotatable bonds is 1. The van der Waals surface area contributed by atoms with Crippen LogP contribution in [0.25, 0.3) is 0 Å². The summed E-state index contributed by atoms with van der Waals surface area (Å²) in [5, 5.41) is 2.40. The van der Waals surface area contributed by atoms with Crippen LogP contribution in [0.15, 0.2) is 0 Å². The van der Waals surface area contributed by atoms with Gasteiger partial charge in [0.15, 0.2) is 0 Å². The number of unbranched alkanes of at least 4 members (excludes halogenated alkanes) is 1. The summed E-state index contributed by atoms with van der Waals surface area (Å²) in [5.74, 6) is 2.76. The SMILES string of the molecule is CCCC#C[S]. The molecule has 0 aromatic rings. The summed E-state index contributed by atoms with van der Waals surface area (Å²) in [7, 11) is 0. The minimum Gasteiger partial charge on any atom is -0.0865 e. The zero-order chi connectivity index (χ0) is 4.83. The van der Waals surface area contributed by atoms with Crippen molar-refractivity contribution in [3.63, 3.8) is 0 Å². The summed E-state index contributed by atoms with van der Waals surface area (Å²) in [4.78, 5) is 0. The lowest BCUT2D eigenvalue weighted by molar-refractivity contribution is 0.984. The summed E-state index contributed by atoms with van der Waals surface area (Å²) >= 11 is 4.36. The van der Waals surface area contributed by atoms with Crippen LogP contribution in [0.1, 0.15) is 19.8 Å². The topological polar surface area (TPSA) is 0 Å². The molecule has 0 N–H and O–H groups in total. The van der Waals surface area contributed by atoms with Crippen molar-refractivity contribution in [2.75, 3.05) is 0 Å². The van der Waals surface area contributed by atoms with Crippen LogP contribution in [0.5, 0.6) is 0 Å². The van der Waals surface area contributed by atoms with Crippen LogP contribution < -0.4 is 0 Å². The van der Waals surface area contributed by atoms with Crippen LogP contribution in [0.2, 0.25) is 0 Å². The van der Waals surface area contributed by atoms with Crippen molar-refractivity contribution < 1.29 is 0 Å². The Bertz CT molecular complexity index is 65.7. The fourth-order valence-electron chi connectivity index (χ4n) is 0.176. The highest BCUT2D eigenvalue weighted by molar-refractivity contribution is 7.85. The zero-order valence-electron chi connectivity index (χ0n) is 3.82. The van der Waals surface area contributed by atoms with Crippen molar-refractivity contribution in [3.05, 3.63) is 0 Å². The molecule has 0 aliphatic heterocycles. The van der Waals surface area contributed by atoms with Gasteiger partial charge in [-0.05, 0) is 19.0 Å². The Hall–Kier alpha value is -0.220. The molecular formula is C5H7S. The Labute approximate surface area is 44.4 Å². The predicted octanol–water partition coefficient (Wildman–Crippen LogP) is 1.94. The maximum absolute atomic E-state index is 4.36. The minimum atomic E-state index is 0.948. The van der Waals surface area contributed by atoms with Crippen LogP contribution in [-0.2, 0) is 0 Å². The van der Waals surface area contributed by atoms with Gasteiger partial charge >= 0.3 is 0 Å². The van der Waals surface area contributed by atoms with E-state index >= 15 is 0 Å².